The summed E-state index contributed by atoms with van der Waals surface area (Å²) in [4.78, 5) is 26.1. The van der Waals surface area contributed by atoms with Crippen LogP contribution in [0.25, 0.3) is 0 Å². The first-order valence-electron chi connectivity index (χ1n) is 9.88. The topological polar surface area (TPSA) is 60.4 Å². The van der Waals surface area contributed by atoms with Gasteiger partial charge in [0, 0.05) is 5.56 Å². The molecule has 1 aliphatic rings. The number of hydrogen-bond donors (Lipinski definition) is 0. The number of carbonyl (C=O) groups excluding carboxylic acids is 2. The van der Waals surface area contributed by atoms with Crippen molar-refractivity contribution in [2.45, 2.75) is 66.7 Å². The van der Waals surface area contributed by atoms with Crippen molar-refractivity contribution < 1.29 is 18.9 Å². The normalized spacial score (nSPS) is 15.3. The first-order valence-corrected chi connectivity index (χ1v) is 10.5. The third kappa shape index (κ3) is 6.60. The van der Waals surface area contributed by atoms with Crippen molar-refractivity contribution in [2.24, 2.45) is 17.8 Å². The second-order valence-electron chi connectivity index (χ2n) is 8.01. The van der Waals surface area contributed by atoms with Gasteiger partial charge < -0.3 is 9.30 Å². The highest BCUT2D eigenvalue weighted by Gasteiger charge is 2.38. The summed E-state index contributed by atoms with van der Waals surface area (Å²) in [6.45, 7) is 10.6. The molecule has 1 aliphatic carbocycles. The van der Waals surface area contributed by atoms with Gasteiger partial charge in [-0.3, -0.25) is 9.59 Å². The molecule has 4 nitrogen and oxygen atoms in total. The lowest BCUT2D eigenvalue weighted by atomic mass is 9.81. The quantitative estimate of drug-likeness (QED) is 0.278. The molecular formula is C22H35O4P. The second-order valence-corrected chi connectivity index (χ2v) is 8.01. The van der Waals surface area contributed by atoms with Gasteiger partial charge in [0.1, 0.15) is 5.92 Å². The van der Waals surface area contributed by atoms with Crippen molar-refractivity contribution >= 4 is 20.9 Å². The number of carbonyl (C=O) groups is 2. The highest BCUT2D eigenvalue weighted by Crippen LogP contribution is 2.35. The SMILES string of the molecule is Cc1cc(C)c(C(=O)C(C(=O)OCCC(C)C)C2CCCC2)c(C)c1.O=[PH3]. The standard InChI is InChI=1S/C22H32O3.H3OP/c1-14(2)10-11-25-22(24)20(18-8-6-7-9-18)21(23)19-16(4)12-15(3)13-17(19)5;1-2/h12-14,18,20H,6-11H2,1-5H3;2H3. The van der Waals surface area contributed by atoms with Gasteiger partial charge in [-0.05, 0) is 63.0 Å². The smallest absolute Gasteiger partial charge is 0.317 e. The maximum absolute atomic E-state index is 13.3. The molecule has 0 N–H and O–H groups in total. The maximum atomic E-state index is 13.3. The van der Waals surface area contributed by atoms with Crippen molar-refractivity contribution in [3.8, 4) is 0 Å². The molecule has 2 unspecified atom stereocenters. The molecule has 0 spiro atoms. The summed E-state index contributed by atoms with van der Waals surface area (Å²) in [7, 11) is 0.611. The van der Waals surface area contributed by atoms with E-state index in [9.17, 15) is 9.59 Å². The lowest BCUT2D eigenvalue weighted by molar-refractivity contribution is -0.148. The van der Waals surface area contributed by atoms with Crippen LogP contribution in [-0.2, 0) is 14.1 Å². The Morgan fingerprint density at radius 3 is 2.07 bits per heavy atom. The number of aryl methyl sites for hydroxylation is 3. The van der Waals surface area contributed by atoms with E-state index in [1.54, 1.807) is 0 Å². The number of rotatable bonds is 7. The fraction of sp³-hybridized carbons (Fsp3) is 0.636. The van der Waals surface area contributed by atoms with Gasteiger partial charge in [-0.15, -0.1) is 0 Å². The minimum absolute atomic E-state index is 0.0450. The van der Waals surface area contributed by atoms with Crippen molar-refractivity contribution in [3.63, 3.8) is 0 Å². The molecule has 0 heterocycles. The molecule has 0 radical (unpaired) electrons. The maximum Gasteiger partial charge on any atom is 0.317 e. The number of benzene rings is 1. The first kappa shape index (κ1) is 23.6. The van der Waals surface area contributed by atoms with Gasteiger partial charge in [-0.1, -0.05) is 44.4 Å². The highest BCUT2D eigenvalue weighted by atomic mass is 31.0. The van der Waals surface area contributed by atoms with Gasteiger partial charge in [-0.25, -0.2) is 0 Å². The summed E-state index contributed by atoms with van der Waals surface area (Å²) in [5.74, 6) is -0.405. The molecular weight excluding hydrogens is 359 g/mol. The van der Waals surface area contributed by atoms with Crippen LogP contribution in [-0.4, -0.2) is 18.4 Å². The average Bonchev–Trinajstić information content (AvgIpc) is 3.09. The fourth-order valence-corrected chi connectivity index (χ4v) is 4.01. The van der Waals surface area contributed by atoms with Gasteiger partial charge in [0.25, 0.3) is 0 Å². The summed E-state index contributed by atoms with van der Waals surface area (Å²) in [6, 6.07) is 4.05. The molecule has 5 heteroatoms. The Morgan fingerprint density at radius 2 is 1.59 bits per heavy atom. The van der Waals surface area contributed by atoms with E-state index in [0.717, 1.165) is 48.8 Å². The Balaban J connectivity index is 0.00000176. The zero-order valence-corrected chi connectivity index (χ0v) is 18.9. The molecule has 1 saturated carbocycles. The van der Waals surface area contributed by atoms with Crippen LogP contribution < -0.4 is 0 Å². The van der Waals surface area contributed by atoms with Gasteiger partial charge >= 0.3 is 5.97 Å². The molecule has 1 fully saturated rings. The van der Waals surface area contributed by atoms with E-state index in [4.69, 9.17) is 9.30 Å². The minimum Gasteiger partial charge on any atom is -0.465 e. The lowest BCUT2D eigenvalue weighted by Gasteiger charge is -2.23. The molecule has 0 saturated heterocycles. The summed E-state index contributed by atoms with van der Waals surface area (Å²) < 4.78 is 13.8. The van der Waals surface area contributed by atoms with E-state index in [0.29, 0.717) is 27.2 Å². The summed E-state index contributed by atoms with van der Waals surface area (Å²) in [6.07, 6.45) is 4.92. The molecule has 1 aromatic rings. The molecule has 27 heavy (non-hydrogen) atoms. The first-order chi connectivity index (χ1) is 12.8. The fourth-order valence-electron chi connectivity index (χ4n) is 4.01. The predicted octanol–water partition coefficient (Wildman–Crippen LogP) is 5.13. The average molecular weight is 394 g/mol. The van der Waals surface area contributed by atoms with Gasteiger partial charge in [0.15, 0.2) is 5.78 Å². The Morgan fingerprint density at radius 1 is 1.07 bits per heavy atom. The van der Waals surface area contributed by atoms with E-state index in [2.05, 4.69) is 13.8 Å². The van der Waals surface area contributed by atoms with Crippen molar-refractivity contribution in [1.29, 1.82) is 0 Å². The Hall–Kier alpha value is -1.41. The van der Waals surface area contributed by atoms with Crippen LogP contribution >= 0.6 is 9.12 Å². The third-order valence-electron chi connectivity index (χ3n) is 5.27. The zero-order valence-electron chi connectivity index (χ0n) is 17.5. The van der Waals surface area contributed by atoms with Crippen LogP contribution in [0.5, 0.6) is 0 Å². The molecule has 0 aliphatic heterocycles. The van der Waals surface area contributed by atoms with Crippen molar-refractivity contribution in [2.75, 3.05) is 6.61 Å². The summed E-state index contributed by atoms with van der Waals surface area (Å²) >= 11 is 0. The van der Waals surface area contributed by atoms with Crippen molar-refractivity contribution in [1.82, 2.24) is 0 Å². The minimum atomic E-state index is -0.644. The van der Waals surface area contributed by atoms with E-state index in [1.807, 2.05) is 32.9 Å². The van der Waals surface area contributed by atoms with Gasteiger partial charge in [0.05, 0.1) is 15.7 Å². The van der Waals surface area contributed by atoms with E-state index in [-0.39, 0.29) is 17.7 Å². The lowest BCUT2D eigenvalue weighted by Crippen LogP contribution is -2.33. The van der Waals surface area contributed by atoms with Gasteiger partial charge in [0.2, 0.25) is 0 Å². The monoisotopic (exact) mass is 394 g/mol. The highest BCUT2D eigenvalue weighted by molar-refractivity contribution is 7.00. The number of esters is 1. The number of hydrogen-bond acceptors (Lipinski definition) is 4. The van der Waals surface area contributed by atoms with Crippen LogP contribution in [0.2, 0.25) is 0 Å². The third-order valence-corrected chi connectivity index (χ3v) is 5.27. The molecule has 0 bridgehead atoms. The van der Waals surface area contributed by atoms with E-state index >= 15 is 0 Å². The van der Waals surface area contributed by atoms with Crippen LogP contribution in [0.4, 0.5) is 0 Å². The van der Waals surface area contributed by atoms with E-state index < -0.39 is 5.92 Å². The molecule has 1 aromatic carbocycles. The molecule has 152 valence electrons. The summed E-state index contributed by atoms with van der Waals surface area (Å²) in [5, 5.41) is 0. The van der Waals surface area contributed by atoms with Crippen LogP contribution in [0.3, 0.4) is 0 Å². The predicted molar refractivity (Wildman–Crippen MR) is 113 cm³/mol. The Kier molecular flexibility index (Phi) is 10.0. The van der Waals surface area contributed by atoms with Crippen LogP contribution in [0.1, 0.15) is 73.0 Å². The van der Waals surface area contributed by atoms with Gasteiger partial charge in [-0.2, -0.15) is 0 Å². The Bertz CT molecular complexity index is 625. The second kappa shape index (κ2) is 11.4. The largest absolute Gasteiger partial charge is 0.465 e. The Labute approximate surface area is 165 Å². The number of ether oxygens (including phenoxy) is 1. The molecule has 2 atom stereocenters. The van der Waals surface area contributed by atoms with Crippen LogP contribution in [0, 0.1) is 38.5 Å². The number of ketones is 1. The number of Topliss-reactive ketones (excluding diaryl/α,β-unsaturated/α-hetero) is 1. The van der Waals surface area contributed by atoms with Crippen LogP contribution in [0.15, 0.2) is 12.1 Å². The van der Waals surface area contributed by atoms with E-state index in [1.165, 1.54) is 0 Å². The van der Waals surface area contributed by atoms with Crippen molar-refractivity contribution in [3.05, 3.63) is 34.4 Å². The molecule has 0 aromatic heterocycles. The molecule has 2 rings (SSSR count). The summed E-state index contributed by atoms with van der Waals surface area (Å²) in [5.41, 5.74) is 3.77. The zero-order chi connectivity index (χ0) is 20.6. The molecule has 0 amide bonds.